The highest BCUT2D eigenvalue weighted by Crippen LogP contribution is 2.60. The van der Waals surface area contributed by atoms with E-state index in [0.29, 0.717) is 18.9 Å². The summed E-state index contributed by atoms with van der Waals surface area (Å²) in [6.45, 7) is 3.79. The molecule has 1 unspecified atom stereocenters. The molecule has 1 heterocycles. The lowest BCUT2D eigenvalue weighted by molar-refractivity contribution is -0.228. The zero-order valence-corrected chi connectivity index (χ0v) is 25.6. The van der Waals surface area contributed by atoms with Crippen LogP contribution in [0.4, 0.5) is 22.0 Å². The van der Waals surface area contributed by atoms with Gasteiger partial charge < -0.3 is 10.0 Å². The van der Waals surface area contributed by atoms with Gasteiger partial charge in [-0.05, 0) is 99.2 Å². The maximum atomic E-state index is 14.9. The lowest BCUT2D eigenvalue weighted by Gasteiger charge is -2.43. The molecule has 0 aromatic heterocycles. The Hall–Kier alpha value is -2.86. The highest BCUT2D eigenvalue weighted by molar-refractivity contribution is 7.92. The fourth-order valence-electron chi connectivity index (χ4n) is 7.53. The van der Waals surface area contributed by atoms with Crippen LogP contribution in [0.2, 0.25) is 0 Å². The number of carbonyl (C=O) groups is 2. The summed E-state index contributed by atoms with van der Waals surface area (Å²) in [7, 11) is -4.28. The molecule has 5 atom stereocenters. The average Bonchev–Trinajstić information content (AvgIpc) is 3.48. The molecule has 0 spiro atoms. The number of hydrogen-bond acceptors (Lipinski definition) is 5. The fourth-order valence-corrected chi connectivity index (χ4v) is 10.0. The van der Waals surface area contributed by atoms with Crippen molar-refractivity contribution < 1.29 is 45.1 Å². The van der Waals surface area contributed by atoms with Crippen molar-refractivity contribution in [2.24, 2.45) is 17.8 Å². The number of halogens is 5. The van der Waals surface area contributed by atoms with Crippen molar-refractivity contribution in [1.82, 2.24) is 4.90 Å². The van der Waals surface area contributed by atoms with Crippen molar-refractivity contribution in [3.05, 3.63) is 65.0 Å². The third-order valence-corrected chi connectivity index (χ3v) is 12.3. The number of alkyl halides is 4. The number of likely N-dealkylation sites (tertiary alicyclic amines) is 1. The highest BCUT2D eigenvalue weighted by atomic mass is 32.2. The number of carbonyl (C=O) groups excluding carboxylic acids is 2. The van der Waals surface area contributed by atoms with Gasteiger partial charge in [-0.1, -0.05) is 18.2 Å². The average molecular weight is 642 g/mol. The lowest BCUT2D eigenvalue weighted by atomic mass is 9.71. The summed E-state index contributed by atoms with van der Waals surface area (Å²) in [4.78, 5) is 27.4. The largest absolute Gasteiger partial charge is 0.426 e. The summed E-state index contributed by atoms with van der Waals surface area (Å²) in [5, 5.41) is 10.1. The van der Waals surface area contributed by atoms with E-state index in [-0.39, 0.29) is 67.3 Å². The Morgan fingerprint density at radius 3 is 2.32 bits per heavy atom. The number of Topliss-reactive ketones (excluding diaryl/α,β-unsaturated/α-hetero) is 1. The van der Waals surface area contributed by atoms with E-state index in [2.05, 4.69) is 0 Å². The first-order valence-corrected chi connectivity index (χ1v) is 16.2. The van der Waals surface area contributed by atoms with Crippen molar-refractivity contribution >= 4 is 21.5 Å². The second-order valence-corrected chi connectivity index (χ2v) is 15.5. The molecule has 1 amide bonds. The molecule has 44 heavy (non-hydrogen) atoms. The topological polar surface area (TPSA) is 91.8 Å². The number of aliphatic hydroxyl groups is 1. The molecule has 1 saturated carbocycles. The normalized spacial score (nSPS) is 27.2. The summed E-state index contributed by atoms with van der Waals surface area (Å²) in [5.41, 5.74) is -4.83. The molecular formula is C32H36F5NO5S. The SMILES string of the molecule is CC(C)(O)CN1C[C@@H](C(=O)C[C@@H]2CC[C@@]3(S(=O)(=O)c4ccc(F)cc4)c4ccc(C(C)(F)C(F)(F)F)cc4CC[C@@H]23)CC1=O. The van der Waals surface area contributed by atoms with Gasteiger partial charge in [-0.15, -0.1) is 0 Å². The van der Waals surface area contributed by atoms with Gasteiger partial charge in [0.05, 0.1) is 10.5 Å². The zero-order chi connectivity index (χ0) is 32.5. The molecule has 3 aliphatic rings. The number of β-amino-alcohol motifs (C(OH)–C–C–N with tert-alkyl or cyclic N) is 1. The molecule has 1 N–H and O–H groups in total. The van der Waals surface area contributed by atoms with Crippen LogP contribution < -0.4 is 0 Å². The Balaban J connectivity index is 1.51. The van der Waals surface area contributed by atoms with Crippen molar-refractivity contribution in [1.29, 1.82) is 0 Å². The quantitative estimate of drug-likeness (QED) is 0.291. The van der Waals surface area contributed by atoms with Crippen molar-refractivity contribution in [3.8, 4) is 0 Å². The van der Waals surface area contributed by atoms with E-state index < -0.39 is 61.2 Å². The first kappa shape index (κ1) is 32.5. The first-order chi connectivity index (χ1) is 20.3. The molecule has 6 nitrogen and oxygen atoms in total. The van der Waals surface area contributed by atoms with Gasteiger partial charge >= 0.3 is 6.18 Å². The molecule has 240 valence electrons. The third-order valence-electron chi connectivity index (χ3n) is 9.73. The van der Waals surface area contributed by atoms with Gasteiger partial charge in [-0.2, -0.15) is 13.2 Å². The predicted molar refractivity (Wildman–Crippen MR) is 151 cm³/mol. The number of amides is 1. The molecule has 2 aliphatic carbocycles. The van der Waals surface area contributed by atoms with Crippen LogP contribution in [0.15, 0.2) is 47.4 Å². The number of fused-ring (bicyclic) bond motifs is 3. The fraction of sp³-hybridized carbons (Fsp3) is 0.562. The second kappa shape index (κ2) is 10.9. The van der Waals surface area contributed by atoms with Crippen LogP contribution in [0.5, 0.6) is 0 Å². The summed E-state index contributed by atoms with van der Waals surface area (Å²) < 4.78 is 96.7. The van der Waals surface area contributed by atoms with Gasteiger partial charge in [0.25, 0.3) is 0 Å². The standard InChI is InChI=1S/C32H36F5NO5S/c1-29(2,41)18-38-17-21(16-28(38)40)27(39)15-20-12-13-31(44(42,43)24-8-6-23(33)7-9-24)25(20)10-4-19-14-22(5-11-26(19)31)30(3,34)32(35,36)37/h5-9,11,14,20-21,25,41H,4,10,12-13,15-18H2,1-3H3/t20-,21-,25-,30?,31-/m0/s1. The molecule has 2 aromatic carbocycles. The highest BCUT2D eigenvalue weighted by Gasteiger charge is 2.61. The Morgan fingerprint density at radius 1 is 1.05 bits per heavy atom. The van der Waals surface area contributed by atoms with Gasteiger partial charge in [0.2, 0.25) is 11.6 Å². The van der Waals surface area contributed by atoms with E-state index in [0.717, 1.165) is 36.4 Å². The van der Waals surface area contributed by atoms with E-state index in [9.17, 15) is 45.1 Å². The van der Waals surface area contributed by atoms with E-state index in [1.807, 2.05) is 0 Å². The molecule has 2 aromatic rings. The molecule has 5 rings (SSSR count). The number of aryl methyl sites for hydroxylation is 1. The van der Waals surface area contributed by atoms with Crippen LogP contribution in [0.25, 0.3) is 0 Å². The van der Waals surface area contributed by atoms with Crippen LogP contribution >= 0.6 is 0 Å². The lowest BCUT2D eigenvalue weighted by Crippen LogP contribution is -2.45. The van der Waals surface area contributed by atoms with Crippen LogP contribution in [0, 0.1) is 23.6 Å². The molecule has 0 radical (unpaired) electrons. The molecule has 12 heteroatoms. The monoisotopic (exact) mass is 641 g/mol. The second-order valence-electron chi connectivity index (χ2n) is 13.3. The zero-order valence-electron chi connectivity index (χ0n) is 24.8. The van der Waals surface area contributed by atoms with E-state index in [1.54, 1.807) is 13.8 Å². The van der Waals surface area contributed by atoms with E-state index in [4.69, 9.17) is 0 Å². The minimum atomic E-state index is -5.18. The number of benzene rings is 2. The Morgan fingerprint density at radius 2 is 1.70 bits per heavy atom. The Bertz CT molecular complexity index is 1560. The maximum absolute atomic E-state index is 14.9. The van der Waals surface area contributed by atoms with Crippen molar-refractivity contribution in [2.75, 3.05) is 13.1 Å². The van der Waals surface area contributed by atoms with Gasteiger partial charge in [0.1, 0.15) is 16.3 Å². The summed E-state index contributed by atoms with van der Waals surface area (Å²) in [6, 6.07) is 7.71. The third kappa shape index (κ3) is 5.46. The van der Waals surface area contributed by atoms with Gasteiger partial charge in [-0.25, -0.2) is 17.2 Å². The minimum Gasteiger partial charge on any atom is -0.389 e. The molecule has 0 bridgehead atoms. The van der Waals surface area contributed by atoms with Crippen LogP contribution in [0.1, 0.15) is 69.6 Å². The van der Waals surface area contributed by atoms with Crippen molar-refractivity contribution in [3.63, 3.8) is 0 Å². The number of nitrogens with zero attached hydrogens (tertiary/aromatic N) is 1. The molecular weight excluding hydrogens is 605 g/mol. The van der Waals surface area contributed by atoms with Gasteiger partial charge in [-0.3, -0.25) is 9.59 Å². The van der Waals surface area contributed by atoms with Crippen LogP contribution in [-0.4, -0.2) is 55.0 Å². The van der Waals surface area contributed by atoms with E-state index in [1.165, 1.54) is 11.0 Å². The van der Waals surface area contributed by atoms with Crippen LogP contribution in [0.3, 0.4) is 0 Å². The van der Waals surface area contributed by atoms with E-state index >= 15 is 0 Å². The predicted octanol–water partition coefficient (Wildman–Crippen LogP) is 5.79. The number of sulfone groups is 1. The summed E-state index contributed by atoms with van der Waals surface area (Å²) in [6.07, 6.45) is -4.34. The Kier molecular flexibility index (Phi) is 8.05. The number of rotatable bonds is 8. The number of ketones is 1. The van der Waals surface area contributed by atoms with Gasteiger partial charge in [0, 0.05) is 31.8 Å². The molecule has 1 aliphatic heterocycles. The smallest absolute Gasteiger partial charge is 0.389 e. The molecule has 1 saturated heterocycles. The summed E-state index contributed by atoms with van der Waals surface area (Å²) >= 11 is 0. The number of hydrogen-bond donors (Lipinski definition) is 1. The van der Waals surface area contributed by atoms with Gasteiger partial charge in [0.15, 0.2) is 9.84 Å². The summed E-state index contributed by atoms with van der Waals surface area (Å²) in [5.74, 6) is -2.66. The first-order valence-electron chi connectivity index (χ1n) is 14.7. The maximum Gasteiger partial charge on any atom is 0.426 e. The van der Waals surface area contributed by atoms with Crippen LogP contribution in [-0.2, 0) is 36.3 Å². The molecule has 2 fully saturated rings. The minimum absolute atomic E-state index is 0.00185. The van der Waals surface area contributed by atoms with Crippen molar-refractivity contribution in [2.45, 2.75) is 86.4 Å². The Labute approximate surface area is 253 Å².